The number of benzene rings is 1. The Hall–Kier alpha value is -2.18. The number of para-hydroxylation sites is 1. The number of hydrogen-bond acceptors (Lipinski definition) is 6. The van der Waals surface area contributed by atoms with Gasteiger partial charge >= 0.3 is 0 Å². The highest BCUT2D eigenvalue weighted by molar-refractivity contribution is 5.66. The number of nitrogens with one attached hydrogen (secondary N) is 2. The molecule has 21 heavy (non-hydrogen) atoms. The number of nitrogen functional groups attached to an aromatic ring is 1. The Balaban J connectivity index is 2.32. The van der Waals surface area contributed by atoms with Gasteiger partial charge in [0.2, 0.25) is 0 Å². The van der Waals surface area contributed by atoms with Crippen LogP contribution in [0.4, 0.5) is 17.3 Å². The number of aryl methyl sites for hydroxylation is 1. The molecule has 2 rings (SSSR count). The average Bonchev–Trinajstić information content (AvgIpc) is 2.49. The molecule has 0 saturated heterocycles. The van der Waals surface area contributed by atoms with Crippen LogP contribution in [-0.4, -0.2) is 23.7 Å². The number of nitrogens with zero attached hydrogens (tertiary/aromatic N) is 2. The van der Waals surface area contributed by atoms with E-state index < -0.39 is 0 Å². The summed E-state index contributed by atoms with van der Waals surface area (Å²) in [6.45, 7) is 4.44. The van der Waals surface area contributed by atoms with Crippen LogP contribution in [-0.2, 0) is 11.2 Å². The molecule has 2 aromatic rings. The molecule has 0 atom stereocenters. The molecule has 0 aliphatic heterocycles. The molecule has 0 aliphatic carbocycles. The smallest absolute Gasteiger partial charge is 0.148 e. The van der Waals surface area contributed by atoms with Crippen LogP contribution in [0.25, 0.3) is 0 Å². The molecule has 0 unspecified atom stereocenters. The van der Waals surface area contributed by atoms with Crippen molar-refractivity contribution < 1.29 is 4.74 Å². The molecular formula is C15H21N5O. The maximum atomic E-state index is 5.49. The fourth-order valence-corrected chi connectivity index (χ4v) is 2.09. The molecule has 1 aromatic heterocycles. The Morgan fingerprint density at radius 2 is 1.86 bits per heavy atom. The first-order chi connectivity index (χ1) is 10.2. The van der Waals surface area contributed by atoms with E-state index in [9.17, 15) is 0 Å². The number of hydrazine groups is 1. The molecular weight excluding hydrogens is 266 g/mol. The highest BCUT2D eigenvalue weighted by Crippen LogP contribution is 2.25. The van der Waals surface area contributed by atoms with E-state index in [1.807, 2.05) is 32.0 Å². The highest BCUT2D eigenvalue weighted by Gasteiger charge is 2.10. The molecule has 0 radical (unpaired) electrons. The Labute approximate surface area is 124 Å². The van der Waals surface area contributed by atoms with Crippen LogP contribution < -0.4 is 16.6 Å². The van der Waals surface area contributed by atoms with E-state index in [0.717, 1.165) is 23.5 Å². The normalized spacial score (nSPS) is 10.5. The van der Waals surface area contributed by atoms with Gasteiger partial charge in [0.1, 0.15) is 17.5 Å². The second kappa shape index (κ2) is 7.01. The Morgan fingerprint density at radius 1 is 1.14 bits per heavy atom. The summed E-state index contributed by atoms with van der Waals surface area (Å²) >= 11 is 0. The lowest BCUT2D eigenvalue weighted by Crippen LogP contribution is -2.13. The molecule has 4 N–H and O–H groups in total. The predicted molar refractivity (Wildman–Crippen MR) is 84.6 cm³/mol. The molecule has 0 aliphatic rings. The van der Waals surface area contributed by atoms with E-state index in [1.54, 1.807) is 7.11 Å². The number of hydrogen-bond donors (Lipinski definition) is 3. The van der Waals surface area contributed by atoms with Crippen LogP contribution >= 0.6 is 0 Å². The van der Waals surface area contributed by atoms with Gasteiger partial charge in [0.05, 0.1) is 6.61 Å². The Kier molecular flexibility index (Phi) is 5.08. The molecule has 1 aromatic carbocycles. The topological polar surface area (TPSA) is 85.1 Å². The minimum absolute atomic E-state index is 0.624. The SMILES string of the molecule is COCCc1ccccc1Nc1nc(C)nc(NN)c1C. The summed E-state index contributed by atoms with van der Waals surface area (Å²) in [5, 5.41) is 3.36. The van der Waals surface area contributed by atoms with Crippen molar-refractivity contribution in [2.24, 2.45) is 5.84 Å². The van der Waals surface area contributed by atoms with Crippen LogP contribution in [0.3, 0.4) is 0 Å². The minimum atomic E-state index is 0.624. The van der Waals surface area contributed by atoms with Gasteiger partial charge in [-0.05, 0) is 31.9 Å². The second-order valence-corrected chi connectivity index (χ2v) is 4.76. The van der Waals surface area contributed by atoms with E-state index >= 15 is 0 Å². The summed E-state index contributed by atoms with van der Waals surface area (Å²) in [6.07, 6.45) is 0.838. The molecule has 0 spiro atoms. The molecule has 112 valence electrons. The van der Waals surface area contributed by atoms with Gasteiger partial charge in [0, 0.05) is 18.4 Å². The monoisotopic (exact) mass is 287 g/mol. The van der Waals surface area contributed by atoms with Gasteiger partial charge in [-0.1, -0.05) is 18.2 Å². The lowest BCUT2D eigenvalue weighted by molar-refractivity contribution is 0.202. The van der Waals surface area contributed by atoms with Crippen molar-refractivity contribution in [2.45, 2.75) is 20.3 Å². The maximum Gasteiger partial charge on any atom is 0.148 e. The van der Waals surface area contributed by atoms with Crippen molar-refractivity contribution in [3.8, 4) is 0 Å². The Bertz CT molecular complexity index is 615. The first-order valence-corrected chi connectivity index (χ1v) is 6.81. The summed E-state index contributed by atoms with van der Waals surface area (Å²) in [5.74, 6) is 7.53. The molecule has 1 heterocycles. The standard InChI is InChI=1S/C15H21N5O/c1-10-14(17-11(2)18-15(10)20-16)19-13-7-5-4-6-12(13)8-9-21-3/h4-7H,8-9,16H2,1-3H3,(H2,17,18,19,20). The number of rotatable bonds is 6. The van der Waals surface area contributed by atoms with Crippen molar-refractivity contribution in [3.05, 3.63) is 41.2 Å². The van der Waals surface area contributed by atoms with Gasteiger partial charge in [-0.15, -0.1) is 0 Å². The number of nitrogens with two attached hydrogens (primary N) is 1. The minimum Gasteiger partial charge on any atom is -0.384 e. The maximum absolute atomic E-state index is 5.49. The molecule has 6 nitrogen and oxygen atoms in total. The number of anilines is 3. The molecule has 0 amide bonds. The van der Waals surface area contributed by atoms with Crippen molar-refractivity contribution in [2.75, 3.05) is 24.5 Å². The predicted octanol–water partition coefficient (Wildman–Crippen LogP) is 2.31. The second-order valence-electron chi connectivity index (χ2n) is 4.76. The number of methoxy groups -OCH3 is 1. The van der Waals surface area contributed by atoms with Crippen molar-refractivity contribution in [1.82, 2.24) is 9.97 Å². The van der Waals surface area contributed by atoms with E-state index in [0.29, 0.717) is 18.2 Å². The zero-order valence-electron chi connectivity index (χ0n) is 12.6. The third-order valence-electron chi connectivity index (χ3n) is 3.24. The zero-order valence-corrected chi connectivity index (χ0v) is 12.6. The van der Waals surface area contributed by atoms with Crippen LogP contribution in [0, 0.1) is 13.8 Å². The molecule has 6 heteroatoms. The molecule has 0 fully saturated rings. The zero-order chi connectivity index (χ0) is 15.2. The van der Waals surface area contributed by atoms with Crippen LogP contribution in [0.5, 0.6) is 0 Å². The van der Waals surface area contributed by atoms with Crippen molar-refractivity contribution in [1.29, 1.82) is 0 Å². The average molecular weight is 287 g/mol. The van der Waals surface area contributed by atoms with Crippen molar-refractivity contribution in [3.63, 3.8) is 0 Å². The first kappa shape index (κ1) is 15.2. The fourth-order valence-electron chi connectivity index (χ4n) is 2.09. The number of ether oxygens (including phenoxy) is 1. The highest BCUT2D eigenvalue weighted by atomic mass is 16.5. The van der Waals surface area contributed by atoms with Gasteiger partial charge in [-0.25, -0.2) is 15.8 Å². The largest absolute Gasteiger partial charge is 0.384 e. The van der Waals surface area contributed by atoms with Gasteiger partial charge in [-0.3, -0.25) is 0 Å². The lowest BCUT2D eigenvalue weighted by Gasteiger charge is -2.15. The fraction of sp³-hybridized carbons (Fsp3) is 0.333. The van der Waals surface area contributed by atoms with Gasteiger partial charge < -0.3 is 15.5 Å². The van der Waals surface area contributed by atoms with Gasteiger partial charge in [-0.2, -0.15) is 0 Å². The van der Waals surface area contributed by atoms with Gasteiger partial charge in [0.25, 0.3) is 0 Å². The van der Waals surface area contributed by atoms with Crippen LogP contribution in [0.15, 0.2) is 24.3 Å². The summed E-state index contributed by atoms with van der Waals surface area (Å²) < 4.78 is 5.15. The third kappa shape index (κ3) is 3.68. The molecule has 0 bridgehead atoms. The summed E-state index contributed by atoms with van der Waals surface area (Å²) in [5.41, 5.74) is 5.67. The van der Waals surface area contributed by atoms with Gasteiger partial charge in [0.15, 0.2) is 0 Å². The van der Waals surface area contributed by atoms with E-state index in [2.05, 4.69) is 26.8 Å². The quantitative estimate of drug-likeness (QED) is 0.558. The van der Waals surface area contributed by atoms with Crippen LogP contribution in [0.1, 0.15) is 17.0 Å². The summed E-state index contributed by atoms with van der Waals surface area (Å²) in [7, 11) is 1.70. The first-order valence-electron chi connectivity index (χ1n) is 6.81. The van der Waals surface area contributed by atoms with E-state index in [1.165, 1.54) is 5.56 Å². The summed E-state index contributed by atoms with van der Waals surface area (Å²) in [4.78, 5) is 8.71. The third-order valence-corrected chi connectivity index (χ3v) is 3.24. The summed E-state index contributed by atoms with van der Waals surface area (Å²) in [6, 6.07) is 8.11. The van der Waals surface area contributed by atoms with Crippen LogP contribution in [0.2, 0.25) is 0 Å². The lowest BCUT2D eigenvalue weighted by atomic mass is 10.1. The molecule has 0 saturated carbocycles. The van der Waals surface area contributed by atoms with E-state index in [-0.39, 0.29) is 0 Å². The van der Waals surface area contributed by atoms with Crippen molar-refractivity contribution >= 4 is 17.3 Å². The Morgan fingerprint density at radius 3 is 2.57 bits per heavy atom. The van der Waals surface area contributed by atoms with E-state index in [4.69, 9.17) is 10.6 Å². The number of aromatic nitrogens is 2.